The molecule has 0 radical (unpaired) electrons. The lowest BCUT2D eigenvalue weighted by Crippen LogP contribution is -2.10. The highest BCUT2D eigenvalue weighted by Crippen LogP contribution is 2.25. The van der Waals surface area contributed by atoms with Crippen molar-refractivity contribution in [2.45, 2.75) is 26.2 Å². The molecule has 1 heterocycles. The normalized spacial score (nSPS) is 11.8. The molecule has 2 aromatic carbocycles. The minimum atomic E-state index is 0.169. The summed E-state index contributed by atoms with van der Waals surface area (Å²) in [6.07, 6.45) is 1.88. The first-order valence-corrected chi connectivity index (χ1v) is 6.87. The van der Waals surface area contributed by atoms with Gasteiger partial charge < -0.3 is 0 Å². The predicted octanol–water partition coefficient (Wildman–Crippen LogP) is 4.59. The Morgan fingerprint density at radius 1 is 0.850 bits per heavy atom. The highest BCUT2D eigenvalue weighted by atomic mass is 14.9. The largest absolute Gasteiger partial charge is 0.236 e. The molecule has 0 spiro atoms. The molecule has 0 aliphatic heterocycles. The van der Waals surface area contributed by atoms with Crippen LogP contribution in [0.4, 0.5) is 0 Å². The maximum atomic E-state index is 4.63. The Morgan fingerprint density at radius 2 is 1.55 bits per heavy atom. The number of benzene rings is 2. The predicted molar refractivity (Wildman–Crippen MR) is 83.7 cm³/mol. The molecule has 0 unspecified atom stereocenters. The van der Waals surface area contributed by atoms with Gasteiger partial charge in [-0.3, -0.25) is 0 Å². The van der Waals surface area contributed by atoms with Gasteiger partial charge >= 0.3 is 0 Å². The van der Waals surface area contributed by atoms with Gasteiger partial charge in [-0.25, -0.2) is 9.97 Å². The van der Waals surface area contributed by atoms with E-state index in [1.165, 1.54) is 5.56 Å². The van der Waals surface area contributed by atoms with E-state index in [-0.39, 0.29) is 5.41 Å². The second kappa shape index (κ2) is 4.71. The summed E-state index contributed by atoms with van der Waals surface area (Å²) in [7, 11) is 0. The molecule has 2 heteroatoms. The monoisotopic (exact) mass is 262 g/mol. The number of fused-ring (bicyclic) bond motifs is 1. The van der Waals surface area contributed by atoms with Crippen LogP contribution in [0.1, 0.15) is 26.3 Å². The smallest absolute Gasteiger partial charge is 0.159 e. The van der Waals surface area contributed by atoms with E-state index >= 15 is 0 Å². The summed E-state index contributed by atoms with van der Waals surface area (Å²) < 4.78 is 0. The van der Waals surface area contributed by atoms with Gasteiger partial charge in [0.2, 0.25) is 0 Å². The molecule has 1 aromatic heterocycles. The number of rotatable bonds is 1. The fourth-order valence-electron chi connectivity index (χ4n) is 2.23. The summed E-state index contributed by atoms with van der Waals surface area (Å²) >= 11 is 0. The molecule has 3 rings (SSSR count). The molecule has 3 aromatic rings. The first kappa shape index (κ1) is 12.8. The lowest BCUT2D eigenvalue weighted by atomic mass is 9.87. The maximum Gasteiger partial charge on any atom is 0.159 e. The van der Waals surface area contributed by atoms with Crippen LogP contribution >= 0.6 is 0 Å². The van der Waals surface area contributed by atoms with Crippen LogP contribution in [-0.2, 0) is 5.41 Å². The Bertz CT molecular complexity index is 737. The van der Waals surface area contributed by atoms with Crippen LogP contribution in [0, 0.1) is 0 Å². The first-order valence-electron chi connectivity index (χ1n) is 6.87. The Hall–Kier alpha value is -2.22. The maximum absolute atomic E-state index is 4.63. The van der Waals surface area contributed by atoms with Crippen molar-refractivity contribution >= 4 is 10.9 Å². The van der Waals surface area contributed by atoms with Gasteiger partial charge in [-0.1, -0.05) is 63.2 Å². The first-order chi connectivity index (χ1) is 9.54. The van der Waals surface area contributed by atoms with E-state index in [4.69, 9.17) is 0 Å². The summed E-state index contributed by atoms with van der Waals surface area (Å²) in [6.45, 7) is 6.65. The van der Waals surface area contributed by atoms with Crippen LogP contribution in [-0.4, -0.2) is 9.97 Å². The second-order valence-corrected chi connectivity index (χ2v) is 6.08. The number of hydrogen-bond acceptors (Lipinski definition) is 2. The molecule has 20 heavy (non-hydrogen) atoms. The minimum Gasteiger partial charge on any atom is -0.236 e. The van der Waals surface area contributed by atoms with Crippen molar-refractivity contribution < 1.29 is 0 Å². The molecule has 0 amide bonds. The van der Waals surface area contributed by atoms with E-state index in [1.807, 2.05) is 30.5 Å². The van der Waals surface area contributed by atoms with Crippen molar-refractivity contribution in [3.63, 3.8) is 0 Å². The Balaban J connectivity index is 2.02. The molecule has 0 fully saturated rings. The van der Waals surface area contributed by atoms with Gasteiger partial charge in [-0.2, -0.15) is 0 Å². The Kier molecular flexibility index (Phi) is 3.01. The number of para-hydroxylation sites is 1. The molecule has 0 aliphatic rings. The summed E-state index contributed by atoms with van der Waals surface area (Å²) in [5.41, 5.74) is 3.53. The van der Waals surface area contributed by atoms with Gasteiger partial charge in [0.25, 0.3) is 0 Å². The highest BCUT2D eigenvalue weighted by molar-refractivity contribution is 5.79. The van der Waals surface area contributed by atoms with Gasteiger partial charge in [0.05, 0.1) is 5.52 Å². The Morgan fingerprint density at radius 3 is 2.25 bits per heavy atom. The fraction of sp³-hybridized carbons (Fsp3) is 0.222. The van der Waals surface area contributed by atoms with Crippen LogP contribution in [0.25, 0.3) is 22.3 Å². The number of nitrogens with zero attached hydrogens (tertiary/aromatic N) is 2. The molecular formula is C18H18N2. The van der Waals surface area contributed by atoms with E-state index in [1.54, 1.807) is 0 Å². The summed E-state index contributed by atoms with van der Waals surface area (Å²) in [5, 5.41) is 1.07. The summed E-state index contributed by atoms with van der Waals surface area (Å²) in [6, 6.07) is 16.6. The van der Waals surface area contributed by atoms with E-state index in [9.17, 15) is 0 Å². The molecule has 0 atom stereocenters. The Labute approximate surface area is 119 Å². The van der Waals surface area contributed by atoms with Crippen LogP contribution < -0.4 is 0 Å². The average Bonchev–Trinajstić information content (AvgIpc) is 2.46. The SMILES string of the molecule is CC(C)(C)c1ccc(-c2ncc3ccccc3n2)cc1. The van der Waals surface area contributed by atoms with Crippen LogP contribution in [0.15, 0.2) is 54.7 Å². The molecule has 0 saturated carbocycles. The van der Waals surface area contributed by atoms with Gasteiger partial charge in [-0.15, -0.1) is 0 Å². The molecule has 2 nitrogen and oxygen atoms in total. The standard InChI is InChI=1S/C18H18N2/c1-18(2,3)15-10-8-13(9-11-15)17-19-12-14-6-4-5-7-16(14)20-17/h4-12H,1-3H3. The molecule has 100 valence electrons. The molecule has 0 bridgehead atoms. The number of hydrogen-bond donors (Lipinski definition) is 0. The zero-order chi connectivity index (χ0) is 14.2. The van der Waals surface area contributed by atoms with Crippen molar-refractivity contribution in [2.75, 3.05) is 0 Å². The van der Waals surface area contributed by atoms with E-state index < -0.39 is 0 Å². The van der Waals surface area contributed by atoms with E-state index in [0.29, 0.717) is 0 Å². The second-order valence-electron chi connectivity index (χ2n) is 6.08. The van der Waals surface area contributed by atoms with E-state index in [0.717, 1.165) is 22.3 Å². The fourth-order valence-corrected chi connectivity index (χ4v) is 2.23. The third kappa shape index (κ3) is 2.42. The summed E-state index contributed by atoms with van der Waals surface area (Å²) in [4.78, 5) is 9.08. The van der Waals surface area contributed by atoms with Crippen molar-refractivity contribution in [3.05, 3.63) is 60.3 Å². The van der Waals surface area contributed by atoms with Crippen molar-refractivity contribution in [1.82, 2.24) is 9.97 Å². The van der Waals surface area contributed by atoms with Gasteiger partial charge in [0.1, 0.15) is 0 Å². The van der Waals surface area contributed by atoms with Crippen molar-refractivity contribution in [2.24, 2.45) is 0 Å². The lowest BCUT2D eigenvalue weighted by molar-refractivity contribution is 0.590. The zero-order valence-corrected chi connectivity index (χ0v) is 12.1. The molecule has 0 saturated heterocycles. The quantitative estimate of drug-likeness (QED) is 0.640. The molecule has 0 N–H and O–H groups in total. The third-order valence-corrected chi connectivity index (χ3v) is 3.50. The topological polar surface area (TPSA) is 25.8 Å². The zero-order valence-electron chi connectivity index (χ0n) is 12.1. The molecular weight excluding hydrogens is 244 g/mol. The van der Waals surface area contributed by atoms with Crippen LogP contribution in [0.3, 0.4) is 0 Å². The third-order valence-electron chi connectivity index (χ3n) is 3.50. The summed E-state index contributed by atoms with van der Waals surface area (Å²) in [5.74, 6) is 0.782. The van der Waals surface area contributed by atoms with Gasteiger partial charge in [0.15, 0.2) is 5.82 Å². The van der Waals surface area contributed by atoms with Crippen molar-refractivity contribution in [1.29, 1.82) is 0 Å². The average molecular weight is 262 g/mol. The lowest BCUT2D eigenvalue weighted by Gasteiger charge is -2.18. The van der Waals surface area contributed by atoms with Gasteiger partial charge in [0, 0.05) is 17.1 Å². The van der Waals surface area contributed by atoms with Crippen LogP contribution in [0.2, 0.25) is 0 Å². The van der Waals surface area contributed by atoms with Crippen LogP contribution in [0.5, 0.6) is 0 Å². The van der Waals surface area contributed by atoms with Crippen molar-refractivity contribution in [3.8, 4) is 11.4 Å². The van der Waals surface area contributed by atoms with Gasteiger partial charge in [-0.05, 0) is 17.0 Å². The minimum absolute atomic E-state index is 0.169. The van der Waals surface area contributed by atoms with E-state index in [2.05, 4.69) is 55.0 Å². The molecule has 0 aliphatic carbocycles. The number of aromatic nitrogens is 2. The highest BCUT2D eigenvalue weighted by Gasteiger charge is 2.13.